The van der Waals surface area contributed by atoms with Gasteiger partial charge in [0.2, 0.25) is 10.0 Å². The highest BCUT2D eigenvalue weighted by molar-refractivity contribution is 7.92. The topological polar surface area (TPSA) is 130 Å². The second kappa shape index (κ2) is 13.9. The first-order chi connectivity index (χ1) is 19.6. The second-order valence-electron chi connectivity index (χ2n) is 11.6. The molecule has 0 saturated carbocycles. The monoisotopic (exact) mass is 621 g/mol. The van der Waals surface area contributed by atoms with Gasteiger partial charge in [-0.2, -0.15) is 0 Å². The Morgan fingerprint density at radius 1 is 0.952 bits per heavy atom. The summed E-state index contributed by atoms with van der Waals surface area (Å²) in [6, 6.07) is 11.4. The van der Waals surface area contributed by atoms with E-state index in [1.165, 1.54) is 7.05 Å². The molecule has 0 bridgehead atoms. The number of hydrogen-bond acceptors (Lipinski definition) is 7. The van der Waals surface area contributed by atoms with Gasteiger partial charge in [0, 0.05) is 25.8 Å². The molecule has 0 aliphatic carbocycles. The van der Waals surface area contributed by atoms with Crippen LogP contribution >= 0.6 is 0 Å². The Kier molecular flexibility index (Phi) is 11.0. The first kappa shape index (κ1) is 33.4. The van der Waals surface area contributed by atoms with E-state index >= 15 is 0 Å². The fourth-order valence-electron chi connectivity index (χ4n) is 4.78. The minimum absolute atomic E-state index is 0.0554. The van der Waals surface area contributed by atoms with Gasteiger partial charge in [0.25, 0.3) is 5.91 Å². The number of unbranched alkanes of at least 4 members (excludes halogenated alkanes) is 5. The van der Waals surface area contributed by atoms with Gasteiger partial charge in [-0.3, -0.25) is 9.10 Å². The van der Waals surface area contributed by atoms with E-state index in [-0.39, 0.29) is 27.8 Å². The van der Waals surface area contributed by atoms with Crippen LogP contribution in [0.15, 0.2) is 47.4 Å². The quantitative estimate of drug-likeness (QED) is 0.314. The molecule has 0 spiro atoms. The maximum atomic E-state index is 13.5. The Morgan fingerprint density at radius 2 is 1.60 bits per heavy atom. The van der Waals surface area contributed by atoms with Crippen LogP contribution in [-0.2, 0) is 31.0 Å². The zero-order valence-corrected chi connectivity index (χ0v) is 26.8. The van der Waals surface area contributed by atoms with E-state index in [0.717, 1.165) is 48.2 Å². The minimum Gasteiger partial charge on any atom is -0.444 e. The van der Waals surface area contributed by atoms with Crippen molar-refractivity contribution < 1.29 is 31.2 Å². The number of fused-ring (bicyclic) bond motifs is 1. The number of sulfone groups is 1. The fraction of sp³-hybridized carbons (Fsp3) is 0.533. The zero-order valence-electron chi connectivity index (χ0n) is 25.2. The lowest BCUT2D eigenvalue weighted by Gasteiger charge is -2.23. The van der Waals surface area contributed by atoms with Crippen LogP contribution in [0, 0.1) is 0 Å². The average molecular weight is 622 g/mol. The van der Waals surface area contributed by atoms with E-state index in [1.807, 2.05) is 20.8 Å². The van der Waals surface area contributed by atoms with E-state index in [1.54, 1.807) is 47.4 Å². The number of para-hydroxylation sites is 1. The zero-order chi connectivity index (χ0) is 31.1. The minimum atomic E-state index is -3.57. The standard InChI is InChI=1S/C30H43N3O7S2/c1-30(2,3)40-29(35)31-19-12-8-6-7-9-13-21-42(38,39)24-16-17-26-23(22-24)18-20-33(26)28(34)25-14-10-11-15-27(25)32(4)41(5,36)37/h10-11,14-17,22H,6-9,12-13,18-21H2,1-5H3,(H,31,35). The van der Waals surface area contributed by atoms with Crippen molar-refractivity contribution in [3.8, 4) is 0 Å². The normalized spacial score (nSPS) is 13.5. The Labute approximate surface area is 250 Å². The summed E-state index contributed by atoms with van der Waals surface area (Å²) in [5.74, 6) is -0.282. The van der Waals surface area contributed by atoms with Gasteiger partial charge < -0.3 is 15.0 Å². The molecule has 0 aromatic heterocycles. The van der Waals surface area contributed by atoms with Crippen molar-refractivity contribution in [2.24, 2.45) is 0 Å². The third-order valence-corrected chi connectivity index (χ3v) is 10.0. The number of sulfonamides is 1. The molecule has 1 heterocycles. The first-order valence-corrected chi connectivity index (χ1v) is 17.8. The van der Waals surface area contributed by atoms with Gasteiger partial charge in [-0.15, -0.1) is 0 Å². The van der Waals surface area contributed by atoms with Crippen molar-refractivity contribution in [3.63, 3.8) is 0 Å². The number of carbonyl (C=O) groups excluding carboxylic acids is 2. The molecule has 2 amide bonds. The van der Waals surface area contributed by atoms with Crippen LogP contribution < -0.4 is 14.5 Å². The maximum Gasteiger partial charge on any atom is 0.407 e. The second-order valence-corrected chi connectivity index (χ2v) is 15.7. The summed E-state index contributed by atoms with van der Waals surface area (Å²) < 4.78 is 56.5. The van der Waals surface area contributed by atoms with Gasteiger partial charge in [-0.1, -0.05) is 37.8 Å². The molecule has 2 aromatic carbocycles. The molecule has 1 aliphatic rings. The number of nitrogens with zero attached hydrogens (tertiary/aromatic N) is 2. The molecule has 42 heavy (non-hydrogen) atoms. The van der Waals surface area contributed by atoms with Crippen molar-refractivity contribution in [2.75, 3.05) is 41.4 Å². The molecule has 2 aromatic rings. The highest BCUT2D eigenvalue weighted by Gasteiger charge is 2.30. The molecular weight excluding hydrogens is 578 g/mol. The first-order valence-electron chi connectivity index (χ1n) is 14.3. The molecule has 12 heteroatoms. The van der Waals surface area contributed by atoms with Gasteiger partial charge in [0.15, 0.2) is 9.84 Å². The third kappa shape index (κ3) is 9.19. The van der Waals surface area contributed by atoms with Gasteiger partial charge >= 0.3 is 6.09 Å². The Balaban J connectivity index is 1.50. The van der Waals surface area contributed by atoms with E-state index in [4.69, 9.17) is 4.74 Å². The van der Waals surface area contributed by atoms with Crippen molar-refractivity contribution in [1.29, 1.82) is 0 Å². The van der Waals surface area contributed by atoms with E-state index < -0.39 is 31.6 Å². The van der Waals surface area contributed by atoms with Gasteiger partial charge in [0.05, 0.1) is 28.2 Å². The molecule has 0 radical (unpaired) electrons. The molecule has 1 N–H and O–H groups in total. The molecule has 1 aliphatic heterocycles. The van der Waals surface area contributed by atoms with E-state index in [9.17, 15) is 26.4 Å². The van der Waals surface area contributed by atoms with Crippen LogP contribution in [0.1, 0.15) is 75.2 Å². The van der Waals surface area contributed by atoms with Crippen molar-refractivity contribution >= 4 is 43.2 Å². The summed E-state index contributed by atoms with van der Waals surface area (Å²) >= 11 is 0. The smallest absolute Gasteiger partial charge is 0.407 e. The van der Waals surface area contributed by atoms with Crippen LogP contribution in [0.5, 0.6) is 0 Å². The number of benzene rings is 2. The summed E-state index contributed by atoms with van der Waals surface area (Å²) in [7, 11) is -5.63. The Hall–Kier alpha value is -3.12. The predicted octanol–water partition coefficient (Wildman–Crippen LogP) is 4.92. The number of amides is 2. The molecule has 3 rings (SSSR count). The lowest BCUT2D eigenvalue weighted by Crippen LogP contribution is -2.32. The molecule has 0 fully saturated rings. The van der Waals surface area contributed by atoms with Crippen LogP contribution in [0.2, 0.25) is 0 Å². The highest BCUT2D eigenvalue weighted by Crippen LogP contribution is 2.33. The van der Waals surface area contributed by atoms with Crippen molar-refractivity contribution in [1.82, 2.24) is 5.32 Å². The van der Waals surface area contributed by atoms with Crippen LogP contribution in [0.25, 0.3) is 0 Å². The summed E-state index contributed by atoms with van der Waals surface area (Å²) in [5, 5.41) is 2.74. The van der Waals surface area contributed by atoms with Crippen molar-refractivity contribution in [3.05, 3.63) is 53.6 Å². The number of ether oxygens (including phenoxy) is 1. The average Bonchev–Trinajstić information content (AvgIpc) is 3.33. The highest BCUT2D eigenvalue weighted by atomic mass is 32.2. The third-order valence-electron chi connectivity index (χ3n) is 7.03. The number of carbonyl (C=O) groups is 2. The molecule has 0 saturated heterocycles. The van der Waals surface area contributed by atoms with E-state index in [0.29, 0.717) is 31.6 Å². The Morgan fingerprint density at radius 3 is 2.26 bits per heavy atom. The number of nitrogens with one attached hydrogen (secondary N) is 1. The summed E-state index contributed by atoms with van der Waals surface area (Å²) in [6.45, 7) is 6.39. The van der Waals surface area contributed by atoms with Gasteiger partial charge in [-0.25, -0.2) is 21.6 Å². The maximum absolute atomic E-state index is 13.5. The largest absolute Gasteiger partial charge is 0.444 e. The number of hydrogen-bond donors (Lipinski definition) is 1. The SMILES string of the molecule is CN(c1ccccc1C(=O)N1CCc2cc(S(=O)(=O)CCCCCCCCNC(=O)OC(C)(C)C)ccc21)S(C)(=O)=O. The predicted molar refractivity (Wildman–Crippen MR) is 166 cm³/mol. The Bertz CT molecular complexity index is 1480. The molecular formula is C30H43N3O7S2. The van der Waals surface area contributed by atoms with Crippen LogP contribution in [0.3, 0.4) is 0 Å². The molecule has 232 valence electrons. The molecule has 0 atom stereocenters. The summed E-state index contributed by atoms with van der Waals surface area (Å²) in [4.78, 5) is 26.9. The van der Waals surface area contributed by atoms with Gasteiger partial charge in [-0.05, 0) is 75.9 Å². The van der Waals surface area contributed by atoms with Crippen LogP contribution in [-0.4, -0.2) is 66.6 Å². The lowest BCUT2D eigenvalue weighted by atomic mass is 10.1. The van der Waals surface area contributed by atoms with Crippen molar-refractivity contribution in [2.45, 2.75) is 76.2 Å². The summed E-state index contributed by atoms with van der Waals surface area (Å²) in [6.07, 6.45) is 6.19. The summed E-state index contributed by atoms with van der Waals surface area (Å²) in [5.41, 5.74) is 1.44. The van der Waals surface area contributed by atoms with Crippen LogP contribution in [0.4, 0.5) is 16.2 Å². The number of alkyl carbamates (subject to hydrolysis) is 1. The van der Waals surface area contributed by atoms with Gasteiger partial charge in [0.1, 0.15) is 5.60 Å². The molecule has 10 nitrogen and oxygen atoms in total. The van der Waals surface area contributed by atoms with E-state index in [2.05, 4.69) is 5.32 Å². The lowest BCUT2D eigenvalue weighted by molar-refractivity contribution is 0.0526. The number of anilines is 2. The fourth-order valence-corrected chi connectivity index (χ4v) is 6.72. The number of rotatable bonds is 13. The molecule has 0 unspecified atom stereocenters.